The summed E-state index contributed by atoms with van der Waals surface area (Å²) >= 11 is 0. The first-order valence-electron chi connectivity index (χ1n) is 6.90. The van der Waals surface area contributed by atoms with Gasteiger partial charge in [0.25, 0.3) is 0 Å². The van der Waals surface area contributed by atoms with Gasteiger partial charge in [-0.1, -0.05) is 0 Å². The summed E-state index contributed by atoms with van der Waals surface area (Å²) in [7, 11) is -1.11. The van der Waals surface area contributed by atoms with Crippen molar-refractivity contribution in [1.82, 2.24) is 4.72 Å². The monoisotopic (exact) mass is 364 g/mol. The van der Waals surface area contributed by atoms with E-state index in [0.717, 1.165) is 12.8 Å². The Morgan fingerprint density at radius 3 is 2.57 bits per heavy atom. The zero-order valence-corrected chi connectivity index (χ0v) is 14.6. The number of nitrogens with one attached hydrogen (secondary N) is 1. The summed E-state index contributed by atoms with van der Waals surface area (Å²) in [4.78, 5) is 11.6. The Morgan fingerprint density at radius 2 is 2.04 bits per heavy atom. The quantitative estimate of drug-likeness (QED) is 0.696. The Balaban J connectivity index is 0.00000264. The van der Waals surface area contributed by atoms with Crippen molar-refractivity contribution in [2.75, 3.05) is 20.8 Å². The van der Waals surface area contributed by atoms with E-state index >= 15 is 0 Å². The van der Waals surface area contributed by atoms with Gasteiger partial charge in [0.05, 0.1) is 19.1 Å². The summed E-state index contributed by atoms with van der Waals surface area (Å²) < 4.78 is 36.7. The van der Waals surface area contributed by atoms with Crippen LogP contribution in [0.4, 0.5) is 0 Å². The molecule has 2 rings (SSSR count). The van der Waals surface area contributed by atoms with Gasteiger partial charge in [-0.2, -0.15) is 0 Å². The lowest BCUT2D eigenvalue weighted by Gasteiger charge is -2.13. The van der Waals surface area contributed by atoms with Crippen LogP contribution in [0.25, 0.3) is 0 Å². The normalized spacial score (nSPS) is 15.4. The van der Waals surface area contributed by atoms with Crippen LogP contribution in [0.2, 0.25) is 0 Å². The second-order valence-corrected chi connectivity index (χ2v) is 6.97. The van der Waals surface area contributed by atoms with Gasteiger partial charge in [-0.3, -0.25) is 0 Å². The third kappa shape index (κ3) is 4.81. The molecule has 0 amide bonds. The lowest BCUT2D eigenvalue weighted by molar-refractivity contribution is 0.0597. The van der Waals surface area contributed by atoms with E-state index in [9.17, 15) is 13.2 Å². The van der Waals surface area contributed by atoms with E-state index in [1.165, 1.54) is 32.4 Å². The Hall–Kier alpha value is -1.35. The summed E-state index contributed by atoms with van der Waals surface area (Å²) in [5.41, 5.74) is 6.05. The maximum Gasteiger partial charge on any atom is 0.341 e. The number of hydrogen-bond donors (Lipinski definition) is 2. The van der Waals surface area contributed by atoms with E-state index in [1.807, 2.05) is 0 Å². The van der Waals surface area contributed by atoms with Gasteiger partial charge in [-0.05, 0) is 30.9 Å². The van der Waals surface area contributed by atoms with E-state index in [1.54, 1.807) is 0 Å². The molecule has 1 atom stereocenters. The number of sulfonamides is 1. The smallest absolute Gasteiger partial charge is 0.341 e. The second-order valence-electron chi connectivity index (χ2n) is 5.21. The highest BCUT2D eigenvalue weighted by molar-refractivity contribution is 7.89. The largest absolute Gasteiger partial charge is 0.496 e. The zero-order chi connectivity index (χ0) is 16.3. The number of benzene rings is 1. The van der Waals surface area contributed by atoms with Crippen molar-refractivity contribution >= 4 is 28.4 Å². The van der Waals surface area contributed by atoms with E-state index in [0.29, 0.717) is 5.92 Å². The number of carbonyl (C=O) groups excluding carboxylic acids is 1. The molecule has 23 heavy (non-hydrogen) atoms. The molecular formula is C14H21ClN2O5S. The van der Waals surface area contributed by atoms with Crippen LogP contribution < -0.4 is 15.2 Å². The highest BCUT2D eigenvalue weighted by atomic mass is 35.5. The van der Waals surface area contributed by atoms with E-state index in [2.05, 4.69) is 9.46 Å². The minimum Gasteiger partial charge on any atom is -0.496 e. The second kappa shape index (κ2) is 7.96. The van der Waals surface area contributed by atoms with Crippen LogP contribution in [0.1, 0.15) is 23.2 Å². The van der Waals surface area contributed by atoms with Crippen LogP contribution in [-0.4, -0.2) is 41.2 Å². The molecule has 1 unspecified atom stereocenters. The SMILES string of the molecule is COC(=O)c1ccc(S(=O)(=O)NCC(N)C2CC2)cc1OC.Cl. The van der Waals surface area contributed by atoms with Crippen LogP contribution in [0, 0.1) is 5.92 Å². The minimum atomic E-state index is -3.70. The van der Waals surface area contributed by atoms with Crippen molar-refractivity contribution in [2.45, 2.75) is 23.8 Å². The van der Waals surface area contributed by atoms with Crippen molar-refractivity contribution < 1.29 is 22.7 Å². The Morgan fingerprint density at radius 1 is 1.39 bits per heavy atom. The number of hydrogen-bond acceptors (Lipinski definition) is 6. The Kier molecular flexibility index (Phi) is 6.82. The predicted molar refractivity (Wildman–Crippen MR) is 87.5 cm³/mol. The van der Waals surface area contributed by atoms with Gasteiger partial charge >= 0.3 is 5.97 Å². The molecule has 130 valence electrons. The van der Waals surface area contributed by atoms with Gasteiger partial charge in [-0.25, -0.2) is 17.9 Å². The molecule has 0 aliphatic heterocycles. The van der Waals surface area contributed by atoms with Crippen molar-refractivity contribution in [3.05, 3.63) is 23.8 Å². The lowest BCUT2D eigenvalue weighted by Crippen LogP contribution is -2.38. The molecule has 7 nitrogen and oxygen atoms in total. The van der Waals surface area contributed by atoms with Crippen LogP contribution in [0.5, 0.6) is 5.75 Å². The van der Waals surface area contributed by atoms with Gasteiger partial charge in [-0.15, -0.1) is 12.4 Å². The molecular weight excluding hydrogens is 344 g/mol. The average Bonchev–Trinajstić information content (AvgIpc) is 3.36. The van der Waals surface area contributed by atoms with Gasteiger partial charge in [0.2, 0.25) is 10.0 Å². The van der Waals surface area contributed by atoms with Gasteiger partial charge in [0.1, 0.15) is 11.3 Å². The third-order valence-corrected chi connectivity index (χ3v) is 5.05. The van der Waals surface area contributed by atoms with Crippen molar-refractivity contribution in [1.29, 1.82) is 0 Å². The number of methoxy groups -OCH3 is 2. The summed E-state index contributed by atoms with van der Waals surface area (Å²) in [5, 5.41) is 0. The third-order valence-electron chi connectivity index (χ3n) is 3.63. The lowest BCUT2D eigenvalue weighted by atomic mass is 10.2. The van der Waals surface area contributed by atoms with Gasteiger partial charge in [0.15, 0.2) is 0 Å². The first-order valence-corrected chi connectivity index (χ1v) is 8.39. The number of halogens is 1. The zero-order valence-electron chi connectivity index (χ0n) is 12.9. The van der Waals surface area contributed by atoms with Crippen LogP contribution in [0.15, 0.2) is 23.1 Å². The fourth-order valence-corrected chi connectivity index (χ4v) is 3.19. The summed E-state index contributed by atoms with van der Waals surface area (Å²) in [6.07, 6.45) is 2.09. The molecule has 0 spiro atoms. The van der Waals surface area contributed by atoms with Crippen LogP contribution in [0.3, 0.4) is 0 Å². The van der Waals surface area contributed by atoms with Gasteiger partial charge < -0.3 is 15.2 Å². The summed E-state index contributed by atoms with van der Waals surface area (Å²) in [6.45, 7) is 0.189. The molecule has 1 aliphatic carbocycles. The van der Waals surface area contributed by atoms with E-state index in [-0.39, 0.29) is 41.2 Å². The molecule has 9 heteroatoms. The summed E-state index contributed by atoms with van der Waals surface area (Å²) in [6, 6.07) is 3.81. The number of rotatable bonds is 7. The Bertz CT molecular complexity index is 661. The number of esters is 1. The van der Waals surface area contributed by atoms with Crippen LogP contribution in [-0.2, 0) is 14.8 Å². The van der Waals surface area contributed by atoms with E-state index in [4.69, 9.17) is 10.5 Å². The number of carbonyl (C=O) groups is 1. The first-order chi connectivity index (χ1) is 10.4. The first kappa shape index (κ1) is 19.7. The molecule has 1 aromatic rings. The highest BCUT2D eigenvalue weighted by Gasteiger charge is 2.29. The molecule has 0 saturated heterocycles. The predicted octanol–water partition coefficient (Wildman–Crippen LogP) is 0.919. The van der Waals surface area contributed by atoms with E-state index < -0.39 is 16.0 Å². The van der Waals surface area contributed by atoms with Crippen molar-refractivity contribution in [2.24, 2.45) is 11.7 Å². The fourth-order valence-electron chi connectivity index (χ4n) is 2.10. The van der Waals surface area contributed by atoms with Crippen molar-refractivity contribution in [3.8, 4) is 5.75 Å². The van der Waals surface area contributed by atoms with Crippen LogP contribution >= 0.6 is 12.4 Å². The number of ether oxygens (including phenoxy) is 2. The minimum absolute atomic E-state index is 0. The molecule has 1 aromatic carbocycles. The topological polar surface area (TPSA) is 108 Å². The maximum atomic E-state index is 12.3. The molecule has 0 radical (unpaired) electrons. The number of nitrogens with two attached hydrogens (primary N) is 1. The molecule has 1 fully saturated rings. The molecule has 0 bridgehead atoms. The Labute approximate surface area is 142 Å². The highest BCUT2D eigenvalue weighted by Crippen LogP contribution is 2.31. The maximum absolute atomic E-state index is 12.3. The molecule has 3 N–H and O–H groups in total. The molecule has 1 saturated carbocycles. The van der Waals surface area contributed by atoms with Gasteiger partial charge in [0, 0.05) is 18.7 Å². The fraction of sp³-hybridized carbons (Fsp3) is 0.500. The molecule has 1 aliphatic rings. The molecule has 0 aromatic heterocycles. The average molecular weight is 365 g/mol. The standard InChI is InChI=1S/C14H20N2O5S.ClH/c1-20-13-7-10(5-6-11(13)14(17)21-2)22(18,19)16-8-12(15)9-3-4-9;/h5-7,9,12,16H,3-4,8,15H2,1-2H3;1H. The summed E-state index contributed by atoms with van der Waals surface area (Å²) in [5.74, 6) is -0.0512. The molecule has 0 heterocycles. The van der Waals surface area contributed by atoms with Crippen molar-refractivity contribution in [3.63, 3.8) is 0 Å².